The molecule has 156 valence electrons. The van der Waals surface area contributed by atoms with Gasteiger partial charge in [-0.1, -0.05) is 42.5 Å². The Labute approximate surface area is 177 Å². The first-order chi connectivity index (χ1) is 15.0. The number of ether oxygens (including phenoxy) is 1. The summed E-state index contributed by atoms with van der Waals surface area (Å²) in [6, 6.07) is 17.2. The lowest BCUT2D eigenvalue weighted by atomic mass is 10.1. The summed E-state index contributed by atoms with van der Waals surface area (Å²) in [5.74, 6) is -1.51. The van der Waals surface area contributed by atoms with Gasteiger partial charge in [-0.25, -0.2) is 18.7 Å². The van der Waals surface area contributed by atoms with Crippen LogP contribution in [-0.2, 0) is 16.1 Å². The molecule has 0 radical (unpaired) electrons. The summed E-state index contributed by atoms with van der Waals surface area (Å²) < 4.78 is 19.8. The van der Waals surface area contributed by atoms with Gasteiger partial charge in [0.15, 0.2) is 11.8 Å². The van der Waals surface area contributed by atoms with Crippen molar-refractivity contribution in [2.24, 2.45) is 0 Å². The molecule has 8 heteroatoms. The van der Waals surface area contributed by atoms with E-state index in [-0.39, 0.29) is 17.9 Å². The summed E-state index contributed by atoms with van der Waals surface area (Å²) in [6.45, 7) is 1.67. The minimum atomic E-state index is -1.03. The van der Waals surface area contributed by atoms with Crippen LogP contribution < -0.4 is 5.32 Å². The quantitative estimate of drug-likeness (QED) is 0.485. The summed E-state index contributed by atoms with van der Waals surface area (Å²) >= 11 is 0. The molecule has 0 fully saturated rings. The third-order valence-electron chi connectivity index (χ3n) is 4.72. The second-order valence-corrected chi connectivity index (χ2v) is 6.88. The Morgan fingerprint density at radius 2 is 1.84 bits per heavy atom. The van der Waals surface area contributed by atoms with Crippen LogP contribution in [0.1, 0.15) is 22.8 Å². The monoisotopic (exact) mass is 418 g/mol. The zero-order valence-corrected chi connectivity index (χ0v) is 16.7. The number of nitrogens with one attached hydrogen (secondary N) is 1. The van der Waals surface area contributed by atoms with Crippen molar-refractivity contribution in [1.82, 2.24) is 19.9 Å². The highest BCUT2D eigenvalue weighted by Gasteiger charge is 2.22. The zero-order valence-electron chi connectivity index (χ0n) is 16.7. The van der Waals surface area contributed by atoms with Crippen molar-refractivity contribution in [2.45, 2.75) is 19.6 Å². The molecule has 0 spiro atoms. The average molecular weight is 418 g/mol. The van der Waals surface area contributed by atoms with Crippen LogP contribution in [0.5, 0.6) is 0 Å². The first kappa shape index (κ1) is 20.2. The predicted molar refractivity (Wildman–Crippen MR) is 112 cm³/mol. The Kier molecular flexibility index (Phi) is 5.70. The maximum atomic E-state index is 13.0. The van der Waals surface area contributed by atoms with Crippen LogP contribution in [0.4, 0.5) is 4.39 Å². The number of carbonyl (C=O) groups excluding carboxylic acids is 2. The molecule has 1 atom stereocenters. The Hall–Kier alpha value is -4.07. The molecule has 4 aromatic rings. The van der Waals surface area contributed by atoms with Crippen molar-refractivity contribution in [2.75, 3.05) is 0 Å². The minimum absolute atomic E-state index is 0.163. The zero-order chi connectivity index (χ0) is 21.8. The second-order valence-electron chi connectivity index (χ2n) is 6.88. The molecule has 0 saturated heterocycles. The highest BCUT2D eigenvalue weighted by molar-refractivity contribution is 5.97. The Balaban J connectivity index is 1.45. The molecule has 7 nitrogen and oxygen atoms in total. The fourth-order valence-electron chi connectivity index (χ4n) is 3.08. The molecule has 1 N–H and O–H groups in total. The van der Waals surface area contributed by atoms with Crippen LogP contribution >= 0.6 is 0 Å². The van der Waals surface area contributed by atoms with E-state index in [1.165, 1.54) is 25.3 Å². The number of nitrogens with zero attached hydrogens (tertiary/aromatic N) is 3. The molecular formula is C23H19FN4O3. The number of rotatable bonds is 6. The van der Waals surface area contributed by atoms with Crippen LogP contribution in [0.2, 0.25) is 0 Å². The number of carbonyl (C=O) groups is 2. The maximum Gasteiger partial charge on any atom is 0.344 e. The van der Waals surface area contributed by atoms with Crippen LogP contribution in [-0.4, -0.2) is 32.6 Å². The predicted octanol–water partition coefficient (Wildman–Crippen LogP) is 3.40. The van der Waals surface area contributed by atoms with Gasteiger partial charge in [0.05, 0.1) is 11.9 Å². The van der Waals surface area contributed by atoms with E-state index in [1.54, 1.807) is 28.9 Å². The van der Waals surface area contributed by atoms with Gasteiger partial charge in [-0.3, -0.25) is 4.79 Å². The Bertz CT molecular complexity index is 1220. The molecule has 0 aliphatic heterocycles. The fourth-order valence-corrected chi connectivity index (χ4v) is 3.08. The normalized spacial score (nSPS) is 11.8. The van der Waals surface area contributed by atoms with Crippen LogP contribution in [0.25, 0.3) is 16.9 Å². The molecule has 31 heavy (non-hydrogen) atoms. The lowest BCUT2D eigenvalue weighted by molar-refractivity contribution is -0.129. The van der Waals surface area contributed by atoms with Gasteiger partial charge in [0.1, 0.15) is 11.4 Å². The number of hydrogen-bond acceptors (Lipinski definition) is 5. The molecule has 1 unspecified atom stereocenters. The number of fused-ring (bicyclic) bond motifs is 1. The smallest absolute Gasteiger partial charge is 0.344 e. The van der Waals surface area contributed by atoms with Crippen molar-refractivity contribution < 1.29 is 18.7 Å². The van der Waals surface area contributed by atoms with Gasteiger partial charge in [-0.05, 0) is 30.7 Å². The van der Waals surface area contributed by atoms with Crippen molar-refractivity contribution >= 4 is 17.5 Å². The molecule has 4 rings (SSSR count). The van der Waals surface area contributed by atoms with Crippen LogP contribution in [0.15, 0.2) is 73.1 Å². The lowest BCUT2D eigenvalue weighted by Crippen LogP contribution is -2.35. The number of hydrogen-bond donors (Lipinski definition) is 1. The van der Waals surface area contributed by atoms with Crippen molar-refractivity contribution in [1.29, 1.82) is 0 Å². The Morgan fingerprint density at radius 3 is 2.58 bits per heavy atom. The van der Waals surface area contributed by atoms with Gasteiger partial charge in [0.2, 0.25) is 0 Å². The second kappa shape index (κ2) is 8.74. The van der Waals surface area contributed by atoms with Gasteiger partial charge in [-0.15, -0.1) is 0 Å². The molecule has 0 bridgehead atoms. The van der Waals surface area contributed by atoms with Crippen LogP contribution in [0, 0.1) is 5.82 Å². The third kappa shape index (κ3) is 4.42. The third-order valence-corrected chi connectivity index (χ3v) is 4.72. The molecule has 2 heterocycles. The van der Waals surface area contributed by atoms with Gasteiger partial charge in [0, 0.05) is 18.3 Å². The maximum absolute atomic E-state index is 13.0. The van der Waals surface area contributed by atoms with E-state index in [0.29, 0.717) is 5.65 Å². The molecule has 2 aromatic carbocycles. The van der Waals surface area contributed by atoms with E-state index in [1.807, 2.05) is 30.3 Å². The van der Waals surface area contributed by atoms with E-state index < -0.39 is 18.0 Å². The SMILES string of the molecule is CC(OC(=O)c1cnn2c(-c3ccccc3)ccnc12)C(=O)NCc1ccc(F)cc1. The Morgan fingerprint density at radius 1 is 1.10 bits per heavy atom. The molecule has 0 saturated carbocycles. The van der Waals surface area contributed by atoms with Crippen molar-refractivity contribution in [3.05, 3.63) is 90.0 Å². The van der Waals surface area contributed by atoms with Crippen LogP contribution in [0.3, 0.4) is 0 Å². The van der Waals surface area contributed by atoms with Gasteiger partial charge < -0.3 is 10.1 Å². The van der Waals surface area contributed by atoms with E-state index in [2.05, 4.69) is 15.4 Å². The summed E-state index contributed by atoms with van der Waals surface area (Å²) in [5, 5.41) is 6.94. The van der Waals surface area contributed by atoms with Gasteiger partial charge >= 0.3 is 5.97 Å². The summed E-state index contributed by atoms with van der Waals surface area (Å²) in [4.78, 5) is 29.2. The highest BCUT2D eigenvalue weighted by Crippen LogP contribution is 2.21. The summed E-state index contributed by atoms with van der Waals surface area (Å²) in [7, 11) is 0. The topological polar surface area (TPSA) is 85.6 Å². The number of benzene rings is 2. The number of esters is 1. The summed E-state index contributed by atoms with van der Waals surface area (Å²) in [5.41, 5.74) is 2.93. The van der Waals surface area contributed by atoms with E-state index in [0.717, 1.165) is 16.8 Å². The molecule has 2 aromatic heterocycles. The number of aromatic nitrogens is 3. The average Bonchev–Trinajstić information content (AvgIpc) is 3.23. The minimum Gasteiger partial charge on any atom is -0.449 e. The lowest BCUT2D eigenvalue weighted by Gasteiger charge is -2.13. The van der Waals surface area contributed by atoms with E-state index >= 15 is 0 Å². The number of amides is 1. The molecular weight excluding hydrogens is 399 g/mol. The number of halogens is 1. The highest BCUT2D eigenvalue weighted by atomic mass is 19.1. The van der Waals surface area contributed by atoms with Gasteiger partial charge in [0.25, 0.3) is 5.91 Å². The molecule has 0 aliphatic carbocycles. The standard InChI is InChI=1S/C23H19FN4O3/c1-15(22(29)26-13-16-7-9-18(24)10-8-16)31-23(30)19-14-27-28-20(11-12-25-21(19)28)17-5-3-2-4-6-17/h2-12,14-15H,13H2,1H3,(H,26,29). The van der Waals surface area contributed by atoms with E-state index in [9.17, 15) is 14.0 Å². The molecule has 1 amide bonds. The molecule has 0 aliphatic rings. The van der Waals surface area contributed by atoms with Gasteiger partial charge in [-0.2, -0.15) is 5.10 Å². The fraction of sp³-hybridized carbons (Fsp3) is 0.130. The van der Waals surface area contributed by atoms with E-state index in [4.69, 9.17) is 4.74 Å². The summed E-state index contributed by atoms with van der Waals surface area (Å²) in [6.07, 6.45) is 1.94. The van der Waals surface area contributed by atoms with Crippen molar-refractivity contribution in [3.8, 4) is 11.3 Å². The first-order valence-electron chi connectivity index (χ1n) is 9.64. The first-order valence-corrected chi connectivity index (χ1v) is 9.64. The largest absolute Gasteiger partial charge is 0.449 e. The van der Waals surface area contributed by atoms with Crippen molar-refractivity contribution in [3.63, 3.8) is 0 Å².